The van der Waals surface area contributed by atoms with Gasteiger partial charge in [-0.3, -0.25) is 0 Å². The van der Waals surface area contributed by atoms with E-state index in [0.29, 0.717) is 0 Å². The van der Waals surface area contributed by atoms with Crippen molar-refractivity contribution in [3.63, 3.8) is 0 Å². The fourth-order valence-electron chi connectivity index (χ4n) is 2.95. The molecule has 0 aliphatic heterocycles. The summed E-state index contributed by atoms with van der Waals surface area (Å²) in [4.78, 5) is 0. The summed E-state index contributed by atoms with van der Waals surface area (Å²) in [6, 6.07) is 13.3. The van der Waals surface area contributed by atoms with Crippen molar-refractivity contribution < 1.29 is 4.42 Å². The topological polar surface area (TPSA) is 25.2 Å². The second kappa shape index (κ2) is 5.84. The number of furan rings is 1. The molecule has 1 unspecified atom stereocenters. The molecule has 0 spiro atoms. The van der Waals surface area contributed by atoms with Crippen molar-refractivity contribution >= 4 is 0 Å². The summed E-state index contributed by atoms with van der Waals surface area (Å²) in [5, 5.41) is 3.38. The first-order valence-corrected chi connectivity index (χ1v) is 7.67. The zero-order chi connectivity index (χ0) is 13.9. The number of benzene rings is 1. The van der Waals surface area contributed by atoms with Crippen molar-refractivity contribution in [3.05, 3.63) is 59.0 Å². The predicted octanol–water partition coefficient (Wildman–Crippen LogP) is 4.42. The monoisotopic (exact) mass is 269 g/mol. The van der Waals surface area contributed by atoms with E-state index in [0.717, 1.165) is 23.9 Å². The first-order chi connectivity index (χ1) is 9.81. The fraction of sp³-hybridized carbons (Fsp3) is 0.444. The van der Waals surface area contributed by atoms with Crippen LogP contribution < -0.4 is 5.32 Å². The van der Waals surface area contributed by atoms with Gasteiger partial charge in [-0.05, 0) is 49.1 Å². The predicted molar refractivity (Wildman–Crippen MR) is 82.0 cm³/mol. The average molecular weight is 269 g/mol. The molecule has 20 heavy (non-hydrogen) atoms. The Kier molecular flexibility index (Phi) is 3.93. The van der Waals surface area contributed by atoms with Crippen LogP contribution in [-0.4, -0.2) is 7.05 Å². The number of nitrogens with one attached hydrogen (secondary N) is 1. The van der Waals surface area contributed by atoms with Crippen LogP contribution in [0, 0.1) is 0 Å². The summed E-state index contributed by atoms with van der Waals surface area (Å²) in [5.41, 5.74) is 2.78. The molecule has 3 rings (SSSR count). The van der Waals surface area contributed by atoms with Crippen LogP contribution in [0.4, 0.5) is 0 Å². The molecule has 0 amide bonds. The molecular formula is C18H23NO. The van der Waals surface area contributed by atoms with Gasteiger partial charge in [0, 0.05) is 6.42 Å². The van der Waals surface area contributed by atoms with Crippen molar-refractivity contribution in [1.82, 2.24) is 5.32 Å². The summed E-state index contributed by atoms with van der Waals surface area (Å²) in [5.74, 6) is 2.83. The van der Waals surface area contributed by atoms with Gasteiger partial charge in [0.15, 0.2) is 0 Å². The van der Waals surface area contributed by atoms with E-state index in [1.807, 2.05) is 7.05 Å². The van der Waals surface area contributed by atoms with Crippen molar-refractivity contribution in [2.45, 2.75) is 44.6 Å². The van der Waals surface area contributed by atoms with Crippen LogP contribution in [0.2, 0.25) is 0 Å². The van der Waals surface area contributed by atoms with E-state index in [-0.39, 0.29) is 6.04 Å². The van der Waals surface area contributed by atoms with Crippen LogP contribution in [0.3, 0.4) is 0 Å². The minimum atomic E-state index is 0.148. The zero-order valence-electron chi connectivity index (χ0n) is 12.4. The van der Waals surface area contributed by atoms with Gasteiger partial charge in [0.05, 0.1) is 6.04 Å². The van der Waals surface area contributed by atoms with Gasteiger partial charge >= 0.3 is 0 Å². The molecule has 1 aromatic heterocycles. The van der Waals surface area contributed by atoms with Gasteiger partial charge in [0.25, 0.3) is 0 Å². The van der Waals surface area contributed by atoms with Crippen LogP contribution >= 0.6 is 0 Å². The summed E-state index contributed by atoms with van der Waals surface area (Å²) >= 11 is 0. The first-order valence-electron chi connectivity index (χ1n) is 7.67. The molecule has 1 aliphatic carbocycles. The minimum absolute atomic E-state index is 0.148. The molecule has 1 fully saturated rings. The molecule has 2 nitrogen and oxygen atoms in total. The minimum Gasteiger partial charge on any atom is -0.464 e. The largest absolute Gasteiger partial charge is 0.464 e. The van der Waals surface area contributed by atoms with Crippen LogP contribution in [0.5, 0.6) is 0 Å². The van der Waals surface area contributed by atoms with Gasteiger partial charge < -0.3 is 9.73 Å². The van der Waals surface area contributed by atoms with Crippen LogP contribution in [0.25, 0.3) is 0 Å². The quantitative estimate of drug-likeness (QED) is 0.869. The van der Waals surface area contributed by atoms with Crippen LogP contribution in [0.1, 0.15) is 60.8 Å². The SMILES string of the molecule is CCc1ccc(C(NC)c2cccc(C3CCC3)c2)o1. The lowest BCUT2D eigenvalue weighted by molar-refractivity contribution is 0.417. The normalized spacial score (nSPS) is 16.9. The summed E-state index contributed by atoms with van der Waals surface area (Å²) in [6.45, 7) is 2.12. The third kappa shape index (κ3) is 2.53. The van der Waals surface area contributed by atoms with Gasteiger partial charge in [-0.1, -0.05) is 37.6 Å². The van der Waals surface area contributed by atoms with E-state index in [1.54, 1.807) is 0 Å². The van der Waals surface area contributed by atoms with E-state index < -0.39 is 0 Å². The highest BCUT2D eigenvalue weighted by molar-refractivity contribution is 5.33. The second-order valence-electron chi connectivity index (χ2n) is 5.68. The third-order valence-electron chi connectivity index (χ3n) is 4.42. The van der Waals surface area contributed by atoms with E-state index in [9.17, 15) is 0 Å². The maximum absolute atomic E-state index is 5.92. The van der Waals surface area contributed by atoms with Gasteiger partial charge in [-0.15, -0.1) is 0 Å². The average Bonchev–Trinajstić information content (AvgIpc) is 2.87. The first kappa shape index (κ1) is 13.4. The van der Waals surface area contributed by atoms with E-state index in [4.69, 9.17) is 4.42 Å². The molecule has 106 valence electrons. The standard InChI is InChI=1S/C18H23NO/c1-3-16-10-11-17(20-16)18(19-2)15-9-5-8-14(12-15)13-6-4-7-13/h5,8-13,18-19H,3-4,6-7H2,1-2H3. The number of rotatable bonds is 5. The third-order valence-corrected chi connectivity index (χ3v) is 4.42. The number of hydrogen-bond acceptors (Lipinski definition) is 2. The summed E-state index contributed by atoms with van der Waals surface area (Å²) in [7, 11) is 1.99. The Morgan fingerprint density at radius 3 is 2.70 bits per heavy atom. The Morgan fingerprint density at radius 1 is 1.25 bits per heavy atom. The molecule has 1 N–H and O–H groups in total. The zero-order valence-corrected chi connectivity index (χ0v) is 12.4. The molecule has 2 aromatic rings. The van der Waals surface area contributed by atoms with Crippen LogP contribution in [-0.2, 0) is 6.42 Å². The molecule has 0 bridgehead atoms. The lowest BCUT2D eigenvalue weighted by atomic mass is 9.79. The summed E-state index contributed by atoms with van der Waals surface area (Å²) < 4.78 is 5.92. The van der Waals surface area contributed by atoms with Gasteiger partial charge in [0.1, 0.15) is 11.5 Å². The fourth-order valence-corrected chi connectivity index (χ4v) is 2.95. The van der Waals surface area contributed by atoms with Crippen LogP contribution in [0.15, 0.2) is 40.8 Å². The molecule has 1 heterocycles. The lowest BCUT2D eigenvalue weighted by Crippen LogP contribution is -2.18. The maximum atomic E-state index is 5.92. The highest BCUT2D eigenvalue weighted by Gasteiger charge is 2.21. The van der Waals surface area contributed by atoms with Gasteiger partial charge in [0.2, 0.25) is 0 Å². The van der Waals surface area contributed by atoms with Crippen molar-refractivity contribution in [1.29, 1.82) is 0 Å². The van der Waals surface area contributed by atoms with Gasteiger partial charge in [-0.2, -0.15) is 0 Å². The smallest absolute Gasteiger partial charge is 0.125 e. The Balaban J connectivity index is 1.88. The molecular weight excluding hydrogens is 246 g/mol. The molecule has 1 aliphatic rings. The molecule has 1 atom stereocenters. The van der Waals surface area contributed by atoms with E-state index >= 15 is 0 Å². The highest BCUT2D eigenvalue weighted by atomic mass is 16.3. The van der Waals surface area contributed by atoms with Crippen molar-refractivity contribution in [3.8, 4) is 0 Å². The van der Waals surface area contributed by atoms with E-state index in [2.05, 4.69) is 48.6 Å². The number of aryl methyl sites for hydroxylation is 1. The molecule has 1 saturated carbocycles. The molecule has 0 radical (unpaired) electrons. The Morgan fingerprint density at radius 2 is 2.10 bits per heavy atom. The molecule has 2 heteroatoms. The Labute approximate surface area is 121 Å². The van der Waals surface area contributed by atoms with Gasteiger partial charge in [-0.25, -0.2) is 0 Å². The lowest BCUT2D eigenvalue weighted by Gasteiger charge is -2.27. The Hall–Kier alpha value is -1.54. The molecule has 1 aromatic carbocycles. The second-order valence-corrected chi connectivity index (χ2v) is 5.68. The molecule has 0 saturated heterocycles. The number of hydrogen-bond donors (Lipinski definition) is 1. The van der Waals surface area contributed by atoms with E-state index in [1.165, 1.54) is 30.4 Å². The highest BCUT2D eigenvalue weighted by Crippen LogP contribution is 2.37. The van der Waals surface area contributed by atoms with Crippen molar-refractivity contribution in [2.75, 3.05) is 7.05 Å². The Bertz CT molecular complexity index is 568. The van der Waals surface area contributed by atoms with Crippen molar-refractivity contribution in [2.24, 2.45) is 0 Å². The maximum Gasteiger partial charge on any atom is 0.125 e. The summed E-state index contributed by atoms with van der Waals surface area (Å²) in [6.07, 6.45) is 5.00.